The molecule has 1 amide bonds. The Hall–Kier alpha value is -1.61. The SMILES string of the molecule is CC1CCN(C(=O)/C=C/c2ccccc2)C(CN)C1. The maximum Gasteiger partial charge on any atom is 0.246 e. The fourth-order valence-corrected chi connectivity index (χ4v) is 2.59. The van der Waals surface area contributed by atoms with E-state index >= 15 is 0 Å². The number of rotatable bonds is 3. The Morgan fingerprint density at radius 1 is 1.42 bits per heavy atom. The normalized spacial score (nSPS) is 23.8. The van der Waals surface area contributed by atoms with Gasteiger partial charge in [0.2, 0.25) is 5.91 Å². The van der Waals surface area contributed by atoms with Crippen LogP contribution >= 0.6 is 0 Å². The fraction of sp³-hybridized carbons (Fsp3) is 0.438. The first-order valence-electron chi connectivity index (χ1n) is 6.94. The van der Waals surface area contributed by atoms with Gasteiger partial charge in [0.1, 0.15) is 0 Å². The van der Waals surface area contributed by atoms with Gasteiger partial charge in [-0.05, 0) is 30.4 Å². The highest BCUT2D eigenvalue weighted by atomic mass is 16.2. The molecule has 1 aromatic rings. The molecule has 102 valence electrons. The summed E-state index contributed by atoms with van der Waals surface area (Å²) in [7, 11) is 0. The Bertz CT molecular complexity index is 441. The second kappa shape index (κ2) is 6.53. The van der Waals surface area contributed by atoms with Crippen LogP contribution in [0.25, 0.3) is 6.08 Å². The van der Waals surface area contributed by atoms with Gasteiger partial charge in [0.15, 0.2) is 0 Å². The molecule has 1 heterocycles. The lowest BCUT2D eigenvalue weighted by molar-refractivity contribution is -0.129. The summed E-state index contributed by atoms with van der Waals surface area (Å²) in [5, 5.41) is 0. The third kappa shape index (κ3) is 3.67. The van der Waals surface area contributed by atoms with Gasteiger partial charge in [0.05, 0.1) is 0 Å². The summed E-state index contributed by atoms with van der Waals surface area (Å²) in [6.07, 6.45) is 5.62. The van der Waals surface area contributed by atoms with Crippen molar-refractivity contribution in [2.45, 2.75) is 25.8 Å². The lowest BCUT2D eigenvalue weighted by atomic mass is 9.92. The van der Waals surface area contributed by atoms with Crippen LogP contribution in [-0.2, 0) is 4.79 Å². The van der Waals surface area contributed by atoms with Crippen molar-refractivity contribution in [3.8, 4) is 0 Å². The van der Waals surface area contributed by atoms with E-state index in [1.54, 1.807) is 6.08 Å². The highest BCUT2D eigenvalue weighted by Crippen LogP contribution is 2.22. The van der Waals surface area contributed by atoms with Gasteiger partial charge < -0.3 is 10.6 Å². The monoisotopic (exact) mass is 258 g/mol. The average Bonchev–Trinajstić information content (AvgIpc) is 2.45. The van der Waals surface area contributed by atoms with E-state index in [0.717, 1.165) is 24.9 Å². The van der Waals surface area contributed by atoms with E-state index in [1.807, 2.05) is 41.3 Å². The van der Waals surface area contributed by atoms with Gasteiger partial charge in [-0.2, -0.15) is 0 Å². The van der Waals surface area contributed by atoms with E-state index in [2.05, 4.69) is 6.92 Å². The van der Waals surface area contributed by atoms with Crippen molar-refractivity contribution in [3.63, 3.8) is 0 Å². The zero-order valence-electron chi connectivity index (χ0n) is 11.5. The first-order valence-corrected chi connectivity index (χ1v) is 6.94. The van der Waals surface area contributed by atoms with Crippen molar-refractivity contribution >= 4 is 12.0 Å². The summed E-state index contributed by atoms with van der Waals surface area (Å²) in [6.45, 7) is 3.60. The third-order valence-electron chi connectivity index (χ3n) is 3.75. The van der Waals surface area contributed by atoms with Crippen molar-refractivity contribution in [2.24, 2.45) is 11.7 Å². The Labute approximate surface area is 115 Å². The molecule has 0 saturated carbocycles. The second-order valence-corrected chi connectivity index (χ2v) is 5.29. The van der Waals surface area contributed by atoms with E-state index in [9.17, 15) is 4.79 Å². The van der Waals surface area contributed by atoms with Crippen molar-refractivity contribution in [3.05, 3.63) is 42.0 Å². The van der Waals surface area contributed by atoms with E-state index in [0.29, 0.717) is 12.5 Å². The van der Waals surface area contributed by atoms with E-state index < -0.39 is 0 Å². The largest absolute Gasteiger partial charge is 0.335 e. The first kappa shape index (κ1) is 13.8. The summed E-state index contributed by atoms with van der Waals surface area (Å²) in [6, 6.07) is 10.1. The van der Waals surface area contributed by atoms with Gasteiger partial charge in [-0.3, -0.25) is 4.79 Å². The Balaban J connectivity index is 2.01. The van der Waals surface area contributed by atoms with Gasteiger partial charge in [-0.15, -0.1) is 0 Å². The quantitative estimate of drug-likeness (QED) is 0.846. The number of carbonyl (C=O) groups is 1. The van der Waals surface area contributed by atoms with Crippen molar-refractivity contribution < 1.29 is 4.79 Å². The molecule has 19 heavy (non-hydrogen) atoms. The zero-order valence-corrected chi connectivity index (χ0v) is 11.5. The van der Waals surface area contributed by atoms with E-state index in [-0.39, 0.29) is 11.9 Å². The molecule has 1 saturated heterocycles. The van der Waals surface area contributed by atoms with Crippen molar-refractivity contribution in [1.82, 2.24) is 4.90 Å². The molecule has 3 nitrogen and oxygen atoms in total. The number of benzene rings is 1. The predicted octanol–water partition coefficient (Wildman–Crippen LogP) is 2.29. The molecule has 1 aliphatic heterocycles. The lowest BCUT2D eigenvalue weighted by Gasteiger charge is -2.37. The summed E-state index contributed by atoms with van der Waals surface area (Å²) in [5.74, 6) is 0.738. The summed E-state index contributed by atoms with van der Waals surface area (Å²) in [5.41, 5.74) is 6.83. The molecule has 2 atom stereocenters. The zero-order chi connectivity index (χ0) is 13.7. The molecule has 0 aromatic heterocycles. The molecule has 0 spiro atoms. The van der Waals surface area contributed by atoms with Gasteiger partial charge in [0, 0.05) is 25.2 Å². The molecule has 3 heteroatoms. The van der Waals surface area contributed by atoms with Crippen molar-refractivity contribution in [1.29, 1.82) is 0 Å². The first-order chi connectivity index (χ1) is 9.20. The van der Waals surface area contributed by atoms with Crippen LogP contribution in [0.2, 0.25) is 0 Å². The fourth-order valence-electron chi connectivity index (χ4n) is 2.59. The Morgan fingerprint density at radius 3 is 2.84 bits per heavy atom. The summed E-state index contributed by atoms with van der Waals surface area (Å²) < 4.78 is 0. The number of hydrogen-bond acceptors (Lipinski definition) is 2. The molecular weight excluding hydrogens is 236 g/mol. The number of piperidine rings is 1. The van der Waals surface area contributed by atoms with Crippen molar-refractivity contribution in [2.75, 3.05) is 13.1 Å². The number of amides is 1. The second-order valence-electron chi connectivity index (χ2n) is 5.29. The molecule has 0 bridgehead atoms. The topological polar surface area (TPSA) is 46.3 Å². The number of likely N-dealkylation sites (tertiary alicyclic amines) is 1. The minimum atomic E-state index is 0.0752. The van der Waals surface area contributed by atoms with E-state index in [4.69, 9.17) is 5.73 Å². The lowest BCUT2D eigenvalue weighted by Crippen LogP contribution is -2.48. The molecule has 1 aromatic carbocycles. The van der Waals surface area contributed by atoms with Gasteiger partial charge in [-0.1, -0.05) is 37.3 Å². The molecule has 2 N–H and O–H groups in total. The summed E-state index contributed by atoms with van der Waals surface area (Å²) >= 11 is 0. The van der Waals surface area contributed by atoms with Gasteiger partial charge >= 0.3 is 0 Å². The van der Waals surface area contributed by atoms with E-state index in [1.165, 1.54) is 0 Å². The van der Waals surface area contributed by atoms with Crippen LogP contribution < -0.4 is 5.73 Å². The molecule has 0 radical (unpaired) electrons. The third-order valence-corrected chi connectivity index (χ3v) is 3.75. The van der Waals surface area contributed by atoms with Gasteiger partial charge in [-0.25, -0.2) is 0 Å². The molecule has 0 aliphatic carbocycles. The number of hydrogen-bond donors (Lipinski definition) is 1. The predicted molar refractivity (Wildman–Crippen MR) is 78.4 cm³/mol. The Kier molecular flexibility index (Phi) is 4.74. The smallest absolute Gasteiger partial charge is 0.246 e. The molecule has 1 aliphatic rings. The molecular formula is C16H22N2O. The highest BCUT2D eigenvalue weighted by molar-refractivity contribution is 5.92. The number of carbonyl (C=O) groups excluding carboxylic acids is 1. The van der Waals surface area contributed by atoms with Crippen LogP contribution in [0.15, 0.2) is 36.4 Å². The van der Waals surface area contributed by atoms with Gasteiger partial charge in [0.25, 0.3) is 0 Å². The maximum atomic E-state index is 12.2. The van der Waals surface area contributed by atoms with Crippen LogP contribution in [0.4, 0.5) is 0 Å². The van der Waals surface area contributed by atoms with Crippen LogP contribution in [-0.4, -0.2) is 29.9 Å². The molecule has 2 rings (SSSR count). The maximum absolute atomic E-state index is 12.2. The summed E-state index contributed by atoms with van der Waals surface area (Å²) in [4.78, 5) is 14.1. The minimum Gasteiger partial charge on any atom is -0.335 e. The highest BCUT2D eigenvalue weighted by Gasteiger charge is 2.27. The van der Waals surface area contributed by atoms with Crippen LogP contribution in [0.1, 0.15) is 25.3 Å². The minimum absolute atomic E-state index is 0.0752. The molecule has 2 unspecified atom stereocenters. The standard InChI is InChI=1S/C16H22N2O/c1-13-9-10-18(15(11-13)12-17)16(19)8-7-14-5-3-2-4-6-14/h2-8,13,15H,9-12,17H2,1H3/b8-7+. The van der Waals surface area contributed by atoms with Crippen LogP contribution in [0.5, 0.6) is 0 Å². The number of nitrogens with two attached hydrogens (primary N) is 1. The van der Waals surface area contributed by atoms with Crippen LogP contribution in [0, 0.1) is 5.92 Å². The average molecular weight is 258 g/mol. The number of nitrogens with zero attached hydrogens (tertiary/aromatic N) is 1. The molecule has 1 fully saturated rings. The van der Waals surface area contributed by atoms with Crippen LogP contribution in [0.3, 0.4) is 0 Å². The Morgan fingerprint density at radius 2 is 2.16 bits per heavy atom.